The first kappa shape index (κ1) is 20.5. The largest absolute Gasteiger partial charge is 0.494 e. The Balaban J connectivity index is 1.81. The molecule has 8 heteroatoms. The smallest absolute Gasteiger partial charge is 0.309 e. The van der Waals surface area contributed by atoms with E-state index in [9.17, 15) is 14.3 Å². The number of carbonyl (C=O) groups is 1. The fourth-order valence-electron chi connectivity index (χ4n) is 5.05. The molecular formula is C24H25FN4O3. The molecule has 5 rings (SSSR count). The van der Waals surface area contributed by atoms with Crippen LogP contribution in [0.3, 0.4) is 0 Å². The van der Waals surface area contributed by atoms with Crippen molar-refractivity contribution in [1.29, 1.82) is 0 Å². The van der Waals surface area contributed by atoms with E-state index < -0.39 is 17.2 Å². The third-order valence-corrected chi connectivity index (χ3v) is 6.68. The summed E-state index contributed by atoms with van der Waals surface area (Å²) in [6, 6.07) is 6.85. The summed E-state index contributed by atoms with van der Waals surface area (Å²) < 4.78 is 21.5. The number of hydrogen-bond donors (Lipinski definition) is 2. The van der Waals surface area contributed by atoms with Crippen LogP contribution in [0.2, 0.25) is 0 Å². The minimum absolute atomic E-state index is 0.0764. The van der Waals surface area contributed by atoms with Gasteiger partial charge < -0.3 is 14.4 Å². The van der Waals surface area contributed by atoms with Gasteiger partial charge in [0.25, 0.3) is 0 Å². The number of aliphatic carboxylic acids is 1. The average Bonchev–Trinajstić information content (AvgIpc) is 3.31. The zero-order chi connectivity index (χ0) is 22.8. The summed E-state index contributed by atoms with van der Waals surface area (Å²) in [6.45, 7) is 6.01. The number of fused-ring (bicyclic) bond motifs is 2. The summed E-state index contributed by atoms with van der Waals surface area (Å²) in [6.07, 6.45) is 2.83. The zero-order valence-corrected chi connectivity index (χ0v) is 18.4. The highest BCUT2D eigenvalue weighted by molar-refractivity contribution is 5.94. The Morgan fingerprint density at radius 1 is 1.34 bits per heavy atom. The van der Waals surface area contributed by atoms with Crippen molar-refractivity contribution in [3.63, 3.8) is 0 Å². The predicted octanol–water partition coefficient (Wildman–Crippen LogP) is 5.14. The number of carboxylic acid groups (broad SMARTS) is 1. The second kappa shape index (κ2) is 7.05. The predicted molar refractivity (Wildman–Crippen MR) is 119 cm³/mol. The minimum atomic E-state index is -0.768. The molecule has 1 aliphatic carbocycles. The lowest BCUT2D eigenvalue weighted by molar-refractivity contribution is -0.154. The summed E-state index contributed by atoms with van der Waals surface area (Å²) in [4.78, 5) is 16.6. The van der Waals surface area contributed by atoms with E-state index in [4.69, 9.17) is 9.72 Å². The van der Waals surface area contributed by atoms with Gasteiger partial charge in [0.15, 0.2) is 17.2 Å². The van der Waals surface area contributed by atoms with Crippen molar-refractivity contribution < 1.29 is 19.0 Å². The Bertz CT molecular complexity index is 1360. The van der Waals surface area contributed by atoms with Crippen LogP contribution in [0.5, 0.6) is 5.75 Å². The van der Waals surface area contributed by atoms with E-state index in [2.05, 4.69) is 28.6 Å². The van der Waals surface area contributed by atoms with Crippen molar-refractivity contribution in [3.8, 4) is 11.4 Å². The van der Waals surface area contributed by atoms with Crippen molar-refractivity contribution in [2.45, 2.75) is 45.4 Å². The third-order valence-electron chi connectivity index (χ3n) is 6.68. The Morgan fingerprint density at radius 2 is 2.09 bits per heavy atom. The van der Waals surface area contributed by atoms with Gasteiger partial charge in [-0.05, 0) is 49.8 Å². The molecule has 166 valence electrons. The lowest BCUT2D eigenvalue weighted by Crippen LogP contribution is -2.40. The average molecular weight is 436 g/mol. The summed E-state index contributed by atoms with van der Waals surface area (Å²) >= 11 is 0. The molecule has 0 saturated heterocycles. The van der Waals surface area contributed by atoms with Gasteiger partial charge in [-0.2, -0.15) is 5.10 Å². The van der Waals surface area contributed by atoms with Crippen LogP contribution >= 0.6 is 0 Å². The first-order chi connectivity index (χ1) is 15.2. The van der Waals surface area contributed by atoms with Gasteiger partial charge >= 0.3 is 5.97 Å². The highest BCUT2D eigenvalue weighted by Gasteiger charge is 2.49. The lowest BCUT2D eigenvalue weighted by atomic mass is 9.60. The molecule has 0 amide bonds. The molecule has 1 saturated carbocycles. The number of hydrogen-bond acceptors (Lipinski definition) is 4. The number of benzene rings is 1. The molecule has 3 heterocycles. The van der Waals surface area contributed by atoms with Gasteiger partial charge in [-0.1, -0.05) is 13.8 Å². The molecule has 1 aliphatic rings. The van der Waals surface area contributed by atoms with Gasteiger partial charge in [0.2, 0.25) is 0 Å². The number of nitrogens with one attached hydrogen (secondary N) is 1. The SMILES string of the molecule is COc1cc(-n2c(C(C)C)c(C3CC(C)(C(=O)O)C3)c3nc4[nH]ncc4cc32)ccc1F. The van der Waals surface area contributed by atoms with Gasteiger partial charge in [0, 0.05) is 28.4 Å². The van der Waals surface area contributed by atoms with Crippen LogP contribution in [0.25, 0.3) is 27.8 Å². The van der Waals surface area contributed by atoms with E-state index in [0.717, 1.165) is 33.4 Å². The van der Waals surface area contributed by atoms with Gasteiger partial charge in [-0.15, -0.1) is 0 Å². The number of aromatic nitrogens is 4. The van der Waals surface area contributed by atoms with Crippen LogP contribution in [-0.2, 0) is 4.79 Å². The number of nitrogens with zero attached hydrogens (tertiary/aromatic N) is 3. The molecule has 0 spiro atoms. The second-order valence-electron chi connectivity index (χ2n) is 9.24. The maximum atomic E-state index is 14.2. The highest BCUT2D eigenvalue weighted by atomic mass is 19.1. The second-order valence-corrected chi connectivity index (χ2v) is 9.24. The van der Waals surface area contributed by atoms with E-state index >= 15 is 0 Å². The summed E-state index contributed by atoms with van der Waals surface area (Å²) in [5.74, 6) is -0.822. The molecular weight excluding hydrogens is 411 g/mol. The normalized spacial score (nSPS) is 20.8. The first-order valence-electron chi connectivity index (χ1n) is 10.7. The van der Waals surface area contributed by atoms with Gasteiger partial charge in [0.05, 0.1) is 29.8 Å². The molecule has 0 unspecified atom stereocenters. The summed E-state index contributed by atoms with van der Waals surface area (Å²) in [5, 5.41) is 17.6. The molecule has 0 radical (unpaired) electrons. The Hall–Kier alpha value is -3.42. The van der Waals surface area contributed by atoms with Crippen LogP contribution in [0, 0.1) is 11.2 Å². The first-order valence-corrected chi connectivity index (χ1v) is 10.7. The van der Waals surface area contributed by atoms with Gasteiger partial charge in [0.1, 0.15) is 0 Å². The quantitative estimate of drug-likeness (QED) is 0.452. The van der Waals surface area contributed by atoms with Gasteiger partial charge in [-0.3, -0.25) is 9.89 Å². The fraction of sp³-hybridized carbons (Fsp3) is 0.375. The fourth-order valence-corrected chi connectivity index (χ4v) is 5.05. The van der Waals surface area contributed by atoms with E-state index in [1.54, 1.807) is 25.3 Å². The van der Waals surface area contributed by atoms with E-state index in [1.807, 2.05) is 6.07 Å². The van der Waals surface area contributed by atoms with E-state index in [0.29, 0.717) is 18.5 Å². The van der Waals surface area contributed by atoms with Crippen LogP contribution in [0.1, 0.15) is 56.7 Å². The number of ether oxygens (including phenoxy) is 1. The monoisotopic (exact) mass is 436 g/mol. The number of methoxy groups -OCH3 is 1. The highest BCUT2D eigenvalue weighted by Crippen LogP contribution is 2.54. The van der Waals surface area contributed by atoms with Crippen molar-refractivity contribution in [1.82, 2.24) is 19.7 Å². The number of H-pyrrole nitrogens is 1. The Morgan fingerprint density at radius 3 is 2.75 bits per heavy atom. The molecule has 2 N–H and O–H groups in total. The maximum Gasteiger partial charge on any atom is 0.309 e. The van der Waals surface area contributed by atoms with Crippen LogP contribution in [0.4, 0.5) is 4.39 Å². The number of pyridine rings is 1. The maximum absolute atomic E-state index is 14.2. The number of carboxylic acids is 1. The van der Waals surface area contributed by atoms with Crippen LogP contribution in [-0.4, -0.2) is 37.9 Å². The van der Waals surface area contributed by atoms with Gasteiger partial charge in [-0.25, -0.2) is 9.37 Å². The molecule has 32 heavy (non-hydrogen) atoms. The lowest BCUT2D eigenvalue weighted by Gasteiger charge is -2.42. The molecule has 3 aromatic heterocycles. The van der Waals surface area contributed by atoms with E-state index in [-0.39, 0.29) is 17.6 Å². The number of halogens is 1. The van der Waals surface area contributed by atoms with Crippen molar-refractivity contribution in [2.75, 3.05) is 7.11 Å². The minimum Gasteiger partial charge on any atom is -0.494 e. The molecule has 0 bridgehead atoms. The van der Waals surface area contributed by atoms with Crippen molar-refractivity contribution in [2.24, 2.45) is 5.41 Å². The van der Waals surface area contributed by atoms with E-state index in [1.165, 1.54) is 13.2 Å². The molecule has 1 aromatic carbocycles. The Kier molecular flexibility index (Phi) is 4.51. The van der Waals surface area contributed by atoms with Crippen LogP contribution in [0.15, 0.2) is 30.5 Å². The molecule has 0 aliphatic heterocycles. The zero-order valence-electron chi connectivity index (χ0n) is 18.4. The van der Waals surface area contributed by atoms with Crippen LogP contribution < -0.4 is 4.74 Å². The third kappa shape index (κ3) is 2.89. The molecule has 0 atom stereocenters. The summed E-state index contributed by atoms with van der Waals surface area (Å²) in [5.41, 5.74) is 4.55. The van der Waals surface area contributed by atoms with Crippen molar-refractivity contribution >= 4 is 28.0 Å². The number of rotatable bonds is 5. The molecule has 4 aromatic rings. The molecule has 7 nitrogen and oxygen atoms in total. The Labute approximate surface area is 184 Å². The number of aromatic amines is 1. The summed E-state index contributed by atoms with van der Waals surface area (Å²) in [7, 11) is 1.45. The topological polar surface area (TPSA) is 93.0 Å². The molecule has 1 fully saturated rings. The van der Waals surface area contributed by atoms with Crippen molar-refractivity contribution in [3.05, 3.63) is 47.5 Å². The standard InChI is InChI=1S/C24H25FN4O3/c1-12(2)21-19(14-9-24(3,10-14)23(30)31)20-17(7-13-11-26-28-22(13)27-20)29(21)15-5-6-16(25)18(8-15)32-4/h5-8,11-12,14H,9-10H2,1-4H3,(H,30,31)(H,26,27,28).